The summed E-state index contributed by atoms with van der Waals surface area (Å²) in [6, 6.07) is 10.7. The van der Waals surface area contributed by atoms with Gasteiger partial charge in [0.25, 0.3) is 5.60 Å². The number of alkyl halides is 3. The Morgan fingerprint density at radius 3 is 2.48 bits per heavy atom. The van der Waals surface area contributed by atoms with E-state index >= 15 is 0 Å². The lowest BCUT2D eigenvalue weighted by Crippen LogP contribution is -2.42. The number of hydrogen-bond acceptors (Lipinski definition) is 4. The summed E-state index contributed by atoms with van der Waals surface area (Å²) < 4.78 is 42.5. The molecule has 0 radical (unpaired) electrons. The fourth-order valence-corrected chi connectivity index (χ4v) is 4.01. The third kappa shape index (κ3) is 3.33. The maximum atomic E-state index is 14.2. The molecule has 0 amide bonds. The lowest BCUT2D eigenvalue weighted by molar-refractivity contribution is -0.275. The van der Waals surface area contributed by atoms with Crippen molar-refractivity contribution in [2.45, 2.75) is 24.7 Å². The van der Waals surface area contributed by atoms with Crippen molar-refractivity contribution in [2.75, 3.05) is 0 Å². The van der Waals surface area contributed by atoms with E-state index in [2.05, 4.69) is 10.1 Å². The van der Waals surface area contributed by atoms with Crippen molar-refractivity contribution in [1.82, 2.24) is 4.98 Å². The van der Waals surface area contributed by atoms with E-state index in [0.717, 1.165) is 5.56 Å². The van der Waals surface area contributed by atoms with Crippen LogP contribution in [0.25, 0.3) is 10.9 Å². The fourth-order valence-electron chi connectivity index (χ4n) is 3.49. The topological polar surface area (TPSA) is 60.5 Å². The third-order valence-electron chi connectivity index (χ3n) is 4.90. The van der Waals surface area contributed by atoms with Crippen LogP contribution in [0.5, 0.6) is 0 Å². The highest BCUT2D eigenvalue weighted by molar-refractivity contribution is 6.34. The van der Waals surface area contributed by atoms with Gasteiger partial charge in [0.05, 0.1) is 11.2 Å². The van der Waals surface area contributed by atoms with Crippen LogP contribution < -0.4 is 5.73 Å². The molecule has 1 aromatic heterocycles. The van der Waals surface area contributed by atoms with E-state index in [1.54, 1.807) is 18.2 Å². The number of halogens is 5. The van der Waals surface area contributed by atoms with Crippen LogP contribution in [0.3, 0.4) is 0 Å². The van der Waals surface area contributed by atoms with Crippen LogP contribution in [0, 0.1) is 0 Å². The lowest BCUT2D eigenvalue weighted by atomic mass is 9.86. The van der Waals surface area contributed by atoms with Crippen molar-refractivity contribution in [3.05, 3.63) is 75.4 Å². The highest BCUT2D eigenvalue weighted by atomic mass is 35.5. The molecule has 1 aliphatic rings. The van der Waals surface area contributed by atoms with Crippen molar-refractivity contribution in [3.8, 4) is 0 Å². The summed E-state index contributed by atoms with van der Waals surface area (Å²) in [6.45, 7) is 0.254. The Bertz CT molecular complexity index is 1110. The molecule has 3 aromatic rings. The standard InChI is InChI=1S/C20H14Cl2F3N3O/c21-13-6-12(7-14(22)8-13)19(20(23,24)25)9-17(28-29-19)15-4-5-27-18-11(10-26)2-1-3-16(15)18/h1-8H,9-10,26H2. The number of nitrogens with zero attached hydrogens (tertiary/aromatic N) is 2. The number of rotatable bonds is 3. The smallest absolute Gasteiger partial charge is 0.374 e. The van der Waals surface area contributed by atoms with E-state index in [1.807, 2.05) is 6.07 Å². The Kier molecular flexibility index (Phi) is 4.93. The number of nitrogens with two attached hydrogens (primary N) is 1. The number of benzene rings is 2. The first kappa shape index (κ1) is 19.9. The zero-order valence-electron chi connectivity index (χ0n) is 14.8. The van der Waals surface area contributed by atoms with Crippen LogP contribution in [-0.4, -0.2) is 16.9 Å². The molecular weight excluding hydrogens is 426 g/mol. The van der Waals surface area contributed by atoms with E-state index in [9.17, 15) is 13.2 Å². The molecule has 9 heteroatoms. The maximum absolute atomic E-state index is 14.2. The first-order valence-electron chi connectivity index (χ1n) is 8.60. The second kappa shape index (κ2) is 7.16. The fraction of sp³-hybridized carbons (Fsp3) is 0.200. The van der Waals surface area contributed by atoms with Gasteiger partial charge in [0, 0.05) is 45.7 Å². The van der Waals surface area contributed by atoms with Crippen molar-refractivity contribution < 1.29 is 18.0 Å². The normalized spacial score (nSPS) is 19.3. The first-order chi connectivity index (χ1) is 13.7. The lowest BCUT2D eigenvalue weighted by Gasteiger charge is -2.29. The third-order valence-corrected chi connectivity index (χ3v) is 5.34. The average Bonchev–Trinajstić information content (AvgIpc) is 3.13. The minimum atomic E-state index is -4.75. The van der Waals surface area contributed by atoms with E-state index in [-0.39, 0.29) is 27.9 Å². The zero-order chi connectivity index (χ0) is 20.8. The molecule has 0 spiro atoms. The molecule has 0 saturated carbocycles. The van der Waals surface area contributed by atoms with Gasteiger partial charge in [-0.3, -0.25) is 4.98 Å². The molecule has 0 saturated heterocycles. The minimum Gasteiger partial charge on any atom is -0.374 e. The van der Waals surface area contributed by atoms with Gasteiger partial charge in [-0.25, -0.2) is 0 Å². The van der Waals surface area contributed by atoms with Crippen LogP contribution in [0.4, 0.5) is 13.2 Å². The minimum absolute atomic E-state index is 0.0788. The summed E-state index contributed by atoms with van der Waals surface area (Å²) in [5.74, 6) is 0. The molecule has 2 aromatic carbocycles. The van der Waals surface area contributed by atoms with Crippen LogP contribution >= 0.6 is 23.2 Å². The number of hydrogen-bond donors (Lipinski definition) is 1. The first-order valence-corrected chi connectivity index (χ1v) is 9.36. The molecule has 29 heavy (non-hydrogen) atoms. The predicted octanol–water partition coefficient (Wildman–Crippen LogP) is 5.58. The Morgan fingerprint density at radius 2 is 1.83 bits per heavy atom. The summed E-state index contributed by atoms with van der Waals surface area (Å²) in [4.78, 5) is 9.39. The SMILES string of the molecule is NCc1cccc2c(C3=NOC(c4cc(Cl)cc(Cl)c4)(C(F)(F)F)C3)ccnc12. The monoisotopic (exact) mass is 439 g/mol. The molecule has 2 N–H and O–H groups in total. The van der Waals surface area contributed by atoms with Crippen molar-refractivity contribution in [3.63, 3.8) is 0 Å². The van der Waals surface area contributed by atoms with Gasteiger partial charge in [-0.15, -0.1) is 0 Å². The summed E-state index contributed by atoms with van der Waals surface area (Å²) in [5.41, 5.74) is 4.92. The highest BCUT2D eigenvalue weighted by Crippen LogP contribution is 2.50. The number of oxime groups is 1. The molecule has 4 nitrogen and oxygen atoms in total. The van der Waals surface area contributed by atoms with Crippen LogP contribution in [0.15, 0.2) is 53.8 Å². The van der Waals surface area contributed by atoms with Gasteiger partial charge in [0.2, 0.25) is 0 Å². The summed E-state index contributed by atoms with van der Waals surface area (Å²) in [5, 5.41) is 4.63. The zero-order valence-corrected chi connectivity index (χ0v) is 16.3. The summed E-state index contributed by atoms with van der Waals surface area (Å²) in [7, 11) is 0. The molecule has 0 aliphatic carbocycles. The van der Waals surface area contributed by atoms with Gasteiger partial charge in [0.1, 0.15) is 0 Å². The largest absolute Gasteiger partial charge is 0.435 e. The molecule has 1 unspecified atom stereocenters. The van der Waals surface area contributed by atoms with Gasteiger partial charge in [0.15, 0.2) is 0 Å². The number of fused-ring (bicyclic) bond motifs is 1. The molecule has 2 heterocycles. The summed E-state index contributed by atoms with van der Waals surface area (Å²) in [6.07, 6.45) is -3.76. The van der Waals surface area contributed by atoms with E-state index in [0.29, 0.717) is 16.5 Å². The van der Waals surface area contributed by atoms with Gasteiger partial charge in [-0.05, 0) is 29.8 Å². The summed E-state index contributed by atoms with van der Waals surface area (Å²) >= 11 is 11.9. The quantitative estimate of drug-likeness (QED) is 0.578. The van der Waals surface area contributed by atoms with Crippen molar-refractivity contribution >= 4 is 39.8 Å². The second-order valence-electron chi connectivity index (χ2n) is 6.66. The molecule has 4 rings (SSSR count). The molecule has 150 valence electrons. The highest BCUT2D eigenvalue weighted by Gasteiger charge is 2.62. The number of aromatic nitrogens is 1. The van der Waals surface area contributed by atoms with Gasteiger partial charge >= 0.3 is 6.18 Å². The average molecular weight is 440 g/mol. The van der Waals surface area contributed by atoms with Crippen LogP contribution in [0.1, 0.15) is 23.1 Å². The number of para-hydroxylation sites is 1. The van der Waals surface area contributed by atoms with Crippen molar-refractivity contribution in [1.29, 1.82) is 0 Å². The van der Waals surface area contributed by atoms with Crippen molar-refractivity contribution in [2.24, 2.45) is 10.9 Å². The predicted molar refractivity (Wildman–Crippen MR) is 106 cm³/mol. The Labute approximate surface area is 174 Å². The van der Waals surface area contributed by atoms with E-state index < -0.39 is 18.2 Å². The van der Waals surface area contributed by atoms with Crippen LogP contribution in [0.2, 0.25) is 10.0 Å². The molecule has 0 fully saturated rings. The molecule has 0 bridgehead atoms. The number of pyridine rings is 1. The molecule has 1 aliphatic heterocycles. The van der Waals surface area contributed by atoms with Crippen LogP contribution in [-0.2, 0) is 17.0 Å². The van der Waals surface area contributed by atoms with E-state index in [1.165, 1.54) is 24.4 Å². The van der Waals surface area contributed by atoms with Gasteiger partial charge < -0.3 is 10.6 Å². The second-order valence-corrected chi connectivity index (χ2v) is 7.54. The van der Waals surface area contributed by atoms with E-state index in [4.69, 9.17) is 33.8 Å². The van der Waals surface area contributed by atoms with Gasteiger partial charge in [-0.2, -0.15) is 13.2 Å². The Balaban J connectivity index is 1.83. The Hall–Kier alpha value is -2.35. The maximum Gasteiger partial charge on any atom is 0.435 e. The van der Waals surface area contributed by atoms with Gasteiger partial charge in [-0.1, -0.05) is 46.6 Å². The molecular formula is C20H14Cl2F3N3O. The Morgan fingerprint density at radius 1 is 1.10 bits per heavy atom. The molecule has 1 atom stereocenters.